The van der Waals surface area contributed by atoms with Crippen LogP contribution in [0.2, 0.25) is 0 Å². The third-order valence-electron chi connectivity index (χ3n) is 4.46. The van der Waals surface area contributed by atoms with E-state index in [1.807, 2.05) is 0 Å². The van der Waals surface area contributed by atoms with Crippen molar-refractivity contribution in [3.8, 4) is 0 Å². The van der Waals surface area contributed by atoms with Gasteiger partial charge in [-0.15, -0.1) is 0 Å². The molecule has 3 rings (SSSR count). The first-order chi connectivity index (χ1) is 10.6. The van der Waals surface area contributed by atoms with Crippen LogP contribution in [0, 0.1) is 5.92 Å². The van der Waals surface area contributed by atoms with Gasteiger partial charge in [0.05, 0.1) is 0 Å². The monoisotopic (exact) mass is 302 g/mol. The zero-order chi connectivity index (χ0) is 15.8. The molecular formula is C20H34N2. The lowest BCUT2D eigenvalue weighted by atomic mass is 10.0. The van der Waals surface area contributed by atoms with Crippen LogP contribution in [0.1, 0.15) is 52.0 Å². The van der Waals surface area contributed by atoms with Gasteiger partial charge in [-0.05, 0) is 63.3 Å². The predicted molar refractivity (Wildman–Crippen MR) is 96.1 cm³/mol. The highest BCUT2D eigenvalue weighted by molar-refractivity contribution is 5.14. The first-order valence-electron chi connectivity index (χ1n) is 9.15. The number of likely N-dealkylation sites (tertiary alicyclic amines) is 2. The molecule has 2 nitrogen and oxygen atoms in total. The lowest BCUT2D eigenvalue weighted by Gasteiger charge is -2.36. The standard InChI is InChI=1S/C16H24N2.C4H10/c1-2-6-15(7-3-1)14-17-12-8-16(9-13-17)18-10-4-5-11-18;1-4(2)3/h1-3,6-7,16H,4-5,8-14H2;4H,1-3H3. The largest absolute Gasteiger partial charge is 0.300 e. The molecule has 0 atom stereocenters. The Balaban J connectivity index is 0.000000396. The fourth-order valence-corrected chi connectivity index (χ4v) is 3.39. The second kappa shape index (κ2) is 9.32. The van der Waals surface area contributed by atoms with Gasteiger partial charge in [0, 0.05) is 12.6 Å². The maximum absolute atomic E-state index is 2.72. The molecule has 0 saturated carbocycles. The molecule has 0 N–H and O–H groups in total. The van der Waals surface area contributed by atoms with E-state index >= 15 is 0 Å². The van der Waals surface area contributed by atoms with Crippen LogP contribution < -0.4 is 0 Å². The summed E-state index contributed by atoms with van der Waals surface area (Å²) in [4.78, 5) is 5.34. The highest BCUT2D eigenvalue weighted by atomic mass is 15.2. The lowest BCUT2D eigenvalue weighted by Crippen LogP contribution is -2.43. The molecular weight excluding hydrogens is 268 g/mol. The zero-order valence-electron chi connectivity index (χ0n) is 14.8. The van der Waals surface area contributed by atoms with Crippen molar-refractivity contribution in [2.45, 2.75) is 59.0 Å². The summed E-state index contributed by atoms with van der Waals surface area (Å²) in [5.41, 5.74) is 1.46. The fourth-order valence-electron chi connectivity index (χ4n) is 3.39. The van der Waals surface area contributed by atoms with Crippen LogP contribution in [0.15, 0.2) is 30.3 Å². The number of benzene rings is 1. The van der Waals surface area contributed by atoms with Crippen molar-refractivity contribution in [1.29, 1.82) is 0 Å². The van der Waals surface area contributed by atoms with E-state index in [9.17, 15) is 0 Å². The van der Waals surface area contributed by atoms with Gasteiger partial charge in [-0.2, -0.15) is 0 Å². The van der Waals surface area contributed by atoms with Crippen LogP contribution in [-0.2, 0) is 6.54 Å². The minimum absolute atomic E-state index is 0.833. The molecule has 2 saturated heterocycles. The molecule has 0 aliphatic carbocycles. The van der Waals surface area contributed by atoms with Crippen LogP contribution in [-0.4, -0.2) is 42.0 Å². The summed E-state index contributed by atoms with van der Waals surface area (Å²) < 4.78 is 0. The second-order valence-electron chi connectivity index (χ2n) is 7.47. The van der Waals surface area contributed by atoms with E-state index in [0.717, 1.165) is 18.5 Å². The third kappa shape index (κ3) is 6.10. The number of rotatable bonds is 3. The van der Waals surface area contributed by atoms with Crippen molar-refractivity contribution < 1.29 is 0 Å². The number of hydrogen-bond acceptors (Lipinski definition) is 2. The Morgan fingerprint density at radius 2 is 1.45 bits per heavy atom. The third-order valence-corrected chi connectivity index (χ3v) is 4.46. The SMILES string of the molecule is CC(C)C.c1ccc(CN2CCC(N3CCCC3)CC2)cc1. The molecule has 0 amide bonds. The summed E-state index contributed by atoms with van der Waals surface area (Å²) in [6, 6.07) is 11.8. The maximum Gasteiger partial charge on any atom is 0.0233 e. The molecule has 2 aliphatic heterocycles. The highest BCUT2D eigenvalue weighted by Crippen LogP contribution is 2.21. The molecule has 22 heavy (non-hydrogen) atoms. The van der Waals surface area contributed by atoms with Crippen molar-refractivity contribution in [1.82, 2.24) is 9.80 Å². The molecule has 1 aromatic rings. The normalized spacial score (nSPS) is 20.9. The van der Waals surface area contributed by atoms with Crippen LogP contribution in [0.25, 0.3) is 0 Å². The minimum Gasteiger partial charge on any atom is -0.300 e. The molecule has 2 heteroatoms. The van der Waals surface area contributed by atoms with Crippen LogP contribution in [0.5, 0.6) is 0 Å². The number of nitrogens with zero attached hydrogens (tertiary/aromatic N) is 2. The van der Waals surface area contributed by atoms with E-state index in [2.05, 4.69) is 60.9 Å². The maximum atomic E-state index is 2.72. The molecule has 2 heterocycles. The van der Waals surface area contributed by atoms with Gasteiger partial charge in [-0.3, -0.25) is 4.90 Å². The van der Waals surface area contributed by atoms with Gasteiger partial charge in [0.25, 0.3) is 0 Å². The molecule has 0 spiro atoms. The van der Waals surface area contributed by atoms with E-state index in [-0.39, 0.29) is 0 Å². The van der Waals surface area contributed by atoms with E-state index < -0.39 is 0 Å². The number of piperidine rings is 1. The van der Waals surface area contributed by atoms with Gasteiger partial charge in [0.15, 0.2) is 0 Å². The van der Waals surface area contributed by atoms with Crippen molar-refractivity contribution in [2.24, 2.45) is 5.92 Å². The molecule has 1 aromatic carbocycles. The Labute approximate surface area is 137 Å². The van der Waals surface area contributed by atoms with Gasteiger partial charge in [0.1, 0.15) is 0 Å². The topological polar surface area (TPSA) is 6.48 Å². The molecule has 0 aromatic heterocycles. The minimum atomic E-state index is 0.833. The first kappa shape index (κ1) is 17.5. The molecule has 0 radical (unpaired) electrons. The second-order valence-corrected chi connectivity index (χ2v) is 7.47. The summed E-state index contributed by atoms with van der Waals surface area (Å²) >= 11 is 0. The molecule has 124 valence electrons. The van der Waals surface area contributed by atoms with E-state index in [0.29, 0.717) is 0 Å². The Morgan fingerprint density at radius 3 is 2.00 bits per heavy atom. The average Bonchev–Trinajstić information content (AvgIpc) is 3.03. The lowest BCUT2D eigenvalue weighted by molar-refractivity contribution is 0.122. The predicted octanol–water partition coefficient (Wildman–Crippen LogP) is 4.41. The van der Waals surface area contributed by atoms with Crippen molar-refractivity contribution >= 4 is 0 Å². The highest BCUT2D eigenvalue weighted by Gasteiger charge is 2.26. The van der Waals surface area contributed by atoms with Gasteiger partial charge in [-0.1, -0.05) is 51.1 Å². The fraction of sp³-hybridized carbons (Fsp3) is 0.700. The Morgan fingerprint density at radius 1 is 0.909 bits per heavy atom. The molecule has 0 unspecified atom stereocenters. The van der Waals surface area contributed by atoms with Crippen LogP contribution >= 0.6 is 0 Å². The molecule has 2 fully saturated rings. The van der Waals surface area contributed by atoms with Gasteiger partial charge >= 0.3 is 0 Å². The summed E-state index contributed by atoms with van der Waals surface area (Å²) in [7, 11) is 0. The van der Waals surface area contributed by atoms with E-state index in [4.69, 9.17) is 0 Å². The van der Waals surface area contributed by atoms with Gasteiger partial charge < -0.3 is 4.90 Å². The van der Waals surface area contributed by atoms with Gasteiger partial charge in [-0.25, -0.2) is 0 Å². The van der Waals surface area contributed by atoms with E-state index in [1.54, 1.807) is 0 Å². The van der Waals surface area contributed by atoms with Crippen molar-refractivity contribution in [3.63, 3.8) is 0 Å². The Kier molecular flexibility index (Phi) is 7.41. The Bertz CT molecular complexity index is 385. The van der Waals surface area contributed by atoms with Crippen molar-refractivity contribution in [3.05, 3.63) is 35.9 Å². The Hall–Kier alpha value is -0.860. The zero-order valence-corrected chi connectivity index (χ0v) is 14.8. The van der Waals surface area contributed by atoms with E-state index in [1.165, 1.54) is 57.4 Å². The summed E-state index contributed by atoms with van der Waals surface area (Å²) in [5.74, 6) is 0.833. The van der Waals surface area contributed by atoms with Crippen molar-refractivity contribution in [2.75, 3.05) is 26.2 Å². The van der Waals surface area contributed by atoms with Crippen LogP contribution in [0.4, 0.5) is 0 Å². The average molecular weight is 303 g/mol. The number of hydrogen-bond donors (Lipinski definition) is 0. The summed E-state index contributed by atoms with van der Waals surface area (Å²) in [6.07, 6.45) is 5.58. The van der Waals surface area contributed by atoms with Gasteiger partial charge in [0.2, 0.25) is 0 Å². The molecule has 0 bridgehead atoms. The van der Waals surface area contributed by atoms with Crippen LogP contribution in [0.3, 0.4) is 0 Å². The first-order valence-corrected chi connectivity index (χ1v) is 9.15. The summed E-state index contributed by atoms with van der Waals surface area (Å²) in [5, 5.41) is 0. The summed E-state index contributed by atoms with van der Waals surface area (Å²) in [6.45, 7) is 12.9. The smallest absolute Gasteiger partial charge is 0.0233 e. The molecule has 2 aliphatic rings. The quantitative estimate of drug-likeness (QED) is 0.816.